The molecule has 0 fully saturated rings. The Hall–Kier alpha value is -3.66. The van der Waals surface area contributed by atoms with Gasteiger partial charge in [-0.25, -0.2) is 0 Å². The molecule has 0 spiro atoms. The Morgan fingerprint density at radius 1 is 0.806 bits per heavy atom. The Labute approximate surface area is 180 Å². The van der Waals surface area contributed by atoms with E-state index in [9.17, 15) is 9.59 Å². The van der Waals surface area contributed by atoms with Gasteiger partial charge in [0, 0.05) is 5.69 Å². The molecule has 4 aromatic rings. The maximum Gasteiger partial charge on any atom is 0.295 e. The quantitative estimate of drug-likeness (QED) is 0.418. The molecule has 3 aromatic carbocycles. The highest BCUT2D eigenvalue weighted by Gasteiger charge is 2.43. The van der Waals surface area contributed by atoms with E-state index in [-0.39, 0.29) is 22.5 Å². The van der Waals surface area contributed by atoms with Crippen LogP contribution < -0.4 is 10.3 Å². The molecule has 1 unspecified atom stereocenters. The normalized spacial score (nSPS) is 16.0. The lowest BCUT2D eigenvalue weighted by molar-refractivity contribution is 0.0971. The molecule has 2 heterocycles. The van der Waals surface area contributed by atoms with E-state index in [1.165, 1.54) is 5.56 Å². The van der Waals surface area contributed by atoms with Crippen LogP contribution in [0.4, 0.5) is 5.69 Å². The van der Waals surface area contributed by atoms with Crippen molar-refractivity contribution in [2.24, 2.45) is 0 Å². The van der Waals surface area contributed by atoms with Gasteiger partial charge in [-0.15, -0.1) is 0 Å². The van der Waals surface area contributed by atoms with Gasteiger partial charge in [0.15, 0.2) is 5.43 Å². The third-order valence-electron chi connectivity index (χ3n) is 5.90. The number of carbonyl (C=O) groups is 1. The first kappa shape index (κ1) is 19.3. The van der Waals surface area contributed by atoms with Crippen LogP contribution in [0.5, 0.6) is 0 Å². The second-order valence-corrected chi connectivity index (χ2v) is 8.96. The third-order valence-corrected chi connectivity index (χ3v) is 5.90. The third kappa shape index (κ3) is 3.07. The average molecular weight is 409 g/mol. The van der Waals surface area contributed by atoms with Crippen molar-refractivity contribution in [1.82, 2.24) is 0 Å². The summed E-state index contributed by atoms with van der Waals surface area (Å²) in [5, 5.41) is 0.486. The van der Waals surface area contributed by atoms with Crippen LogP contribution in [-0.4, -0.2) is 5.91 Å². The summed E-state index contributed by atoms with van der Waals surface area (Å²) in [4.78, 5) is 28.7. The SMILES string of the molecule is CC(C)(C)c1ccc(C2c3c(oc4ccccc4c3=O)C(=O)N2c2ccccc2)cc1. The van der Waals surface area contributed by atoms with Gasteiger partial charge in [0.2, 0.25) is 5.76 Å². The minimum Gasteiger partial charge on any atom is -0.450 e. The summed E-state index contributed by atoms with van der Waals surface area (Å²) in [5.74, 6) is -0.175. The molecule has 1 aliphatic rings. The van der Waals surface area contributed by atoms with Crippen LogP contribution >= 0.6 is 0 Å². The predicted molar refractivity (Wildman–Crippen MR) is 123 cm³/mol. The largest absolute Gasteiger partial charge is 0.450 e. The zero-order valence-corrected chi connectivity index (χ0v) is 17.8. The van der Waals surface area contributed by atoms with Crippen molar-refractivity contribution >= 4 is 22.6 Å². The van der Waals surface area contributed by atoms with Gasteiger partial charge >= 0.3 is 0 Å². The van der Waals surface area contributed by atoms with E-state index < -0.39 is 6.04 Å². The Kier molecular flexibility index (Phi) is 4.33. The smallest absolute Gasteiger partial charge is 0.295 e. The number of benzene rings is 3. The summed E-state index contributed by atoms with van der Waals surface area (Å²) in [5.41, 5.74) is 3.48. The fraction of sp³-hybridized carbons (Fsp3) is 0.185. The zero-order valence-electron chi connectivity index (χ0n) is 17.8. The van der Waals surface area contributed by atoms with Gasteiger partial charge in [0.05, 0.1) is 17.0 Å². The Morgan fingerprint density at radius 2 is 1.45 bits per heavy atom. The lowest BCUT2D eigenvalue weighted by Gasteiger charge is -2.26. The van der Waals surface area contributed by atoms with Crippen LogP contribution in [-0.2, 0) is 5.41 Å². The topological polar surface area (TPSA) is 50.5 Å². The standard InChI is InChI=1S/C27H23NO3/c1-27(2,3)18-15-13-17(14-16-18)23-22-24(29)20-11-7-8-12-21(20)31-25(22)26(30)28(23)19-9-5-4-6-10-19/h4-16,23H,1-3H3. The summed E-state index contributed by atoms with van der Waals surface area (Å²) in [6.45, 7) is 6.48. The summed E-state index contributed by atoms with van der Waals surface area (Å²) in [6.07, 6.45) is 0. The van der Waals surface area contributed by atoms with Crippen molar-refractivity contribution in [2.75, 3.05) is 4.90 Å². The Bertz CT molecular complexity index is 1350. The zero-order chi connectivity index (χ0) is 21.8. The maximum absolute atomic E-state index is 13.5. The molecule has 0 radical (unpaired) electrons. The summed E-state index contributed by atoms with van der Waals surface area (Å²) in [6, 6.07) is 24.1. The van der Waals surface area contributed by atoms with Gasteiger partial charge in [-0.2, -0.15) is 0 Å². The van der Waals surface area contributed by atoms with Gasteiger partial charge in [-0.3, -0.25) is 14.5 Å². The minimum absolute atomic E-state index is 0.0102. The molecule has 0 saturated carbocycles. The van der Waals surface area contributed by atoms with Crippen LogP contribution in [0.15, 0.2) is 88.1 Å². The summed E-state index contributed by atoms with van der Waals surface area (Å²) < 4.78 is 5.99. The predicted octanol–water partition coefficient (Wildman–Crippen LogP) is 5.84. The van der Waals surface area contributed by atoms with Gasteiger partial charge in [0.25, 0.3) is 5.91 Å². The molecule has 1 aliphatic heterocycles. The van der Waals surface area contributed by atoms with E-state index in [1.807, 2.05) is 48.5 Å². The number of rotatable bonds is 2. The monoisotopic (exact) mass is 409 g/mol. The van der Waals surface area contributed by atoms with E-state index in [1.54, 1.807) is 23.1 Å². The van der Waals surface area contributed by atoms with Gasteiger partial charge in [-0.1, -0.05) is 75.4 Å². The van der Waals surface area contributed by atoms with E-state index in [0.29, 0.717) is 16.5 Å². The van der Waals surface area contributed by atoms with Crippen LogP contribution in [0.3, 0.4) is 0 Å². The van der Waals surface area contributed by atoms with Crippen molar-refractivity contribution in [2.45, 2.75) is 32.2 Å². The first-order valence-corrected chi connectivity index (χ1v) is 10.4. The molecule has 0 N–H and O–H groups in total. The van der Waals surface area contributed by atoms with Gasteiger partial charge in [-0.05, 0) is 40.8 Å². The lowest BCUT2D eigenvalue weighted by Crippen LogP contribution is -2.29. The Morgan fingerprint density at radius 3 is 2.13 bits per heavy atom. The van der Waals surface area contributed by atoms with E-state index >= 15 is 0 Å². The van der Waals surface area contributed by atoms with Crippen molar-refractivity contribution < 1.29 is 9.21 Å². The molecule has 31 heavy (non-hydrogen) atoms. The molecule has 0 saturated heterocycles. The highest BCUT2D eigenvalue weighted by molar-refractivity contribution is 6.10. The van der Waals surface area contributed by atoms with E-state index in [2.05, 4.69) is 32.9 Å². The highest BCUT2D eigenvalue weighted by Crippen LogP contribution is 2.41. The van der Waals surface area contributed by atoms with Crippen LogP contribution in [0, 0.1) is 0 Å². The Balaban J connectivity index is 1.77. The maximum atomic E-state index is 13.5. The molecule has 0 aliphatic carbocycles. The van der Waals surface area contributed by atoms with E-state index in [0.717, 1.165) is 11.3 Å². The second kappa shape index (κ2) is 6.95. The number of fused-ring (bicyclic) bond motifs is 2. The second-order valence-electron chi connectivity index (χ2n) is 8.96. The highest BCUT2D eigenvalue weighted by atomic mass is 16.3. The van der Waals surface area contributed by atoms with Gasteiger partial charge < -0.3 is 4.42 Å². The van der Waals surface area contributed by atoms with Crippen molar-refractivity contribution in [3.05, 3.63) is 112 Å². The van der Waals surface area contributed by atoms with Crippen LogP contribution in [0.2, 0.25) is 0 Å². The van der Waals surface area contributed by atoms with E-state index in [4.69, 9.17) is 4.42 Å². The summed E-state index contributed by atoms with van der Waals surface area (Å²) in [7, 11) is 0. The molecule has 154 valence electrons. The molecule has 4 heteroatoms. The summed E-state index contributed by atoms with van der Waals surface area (Å²) >= 11 is 0. The van der Waals surface area contributed by atoms with Gasteiger partial charge in [0.1, 0.15) is 5.58 Å². The number of hydrogen-bond donors (Lipinski definition) is 0. The fourth-order valence-corrected chi connectivity index (χ4v) is 4.26. The first-order valence-electron chi connectivity index (χ1n) is 10.4. The first-order chi connectivity index (χ1) is 14.9. The number of anilines is 1. The molecule has 1 aromatic heterocycles. The number of para-hydroxylation sites is 2. The number of amides is 1. The molecule has 4 nitrogen and oxygen atoms in total. The molecular weight excluding hydrogens is 386 g/mol. The number of hydrogen-bond acceptors (Lipinski definition) is 3. The number of nitrogens with zero attached hydrogens (tertiary/aromatic N) is 1. The molecule has 5 rings (SSSR count). The number of carbonyl (C=O) groups excluding carboxylic acids is 1. The van der Waals surface area contributed by atoms with Crippen molar-refractivity contribution in [3.63, 3.8) is 0 Å². The molecule has 1 atom stereocenters. The molecular formula is C27H23NO3. The molecule has 1 amide bonds. The van der Waals surface area contributed by atoms with Crippen molar-refractivity contribution in [1.29, 1.82) is 0 Å². The lowest BCUT2D eigenvalue weighted by atomic mass is 9.86. The van der Waals surface area contributed by atoms with Crippen LogP contribution in [0.25, 0.3) is 11.0 Å². The fourth-order valence-electron chi connectivity index (χ4n) is 4.26. The minimum atomic E-state index is -0.542. The van der Waals surface area contributed by atoms with Crippen molar-refractivity contribution in [3.8, 4) is 0 Å². The van der Waals surface area contributed by atoms with Crippen LogP contribution in [0.1, 0.15) is 54.1 Å². The molecule has 0 bridgehead atoms. The average Bonchev–Trinajstić information content (AvgIpc) is 3.07.